The van der Waals surface area contributed by atoms with Crippen molar-refractivity contribution in [1.82, 2.24) is 4.90 Å². The van der Waals surface area contributed by atoms with Crippen LogP contribution in [0.3, 0.4) is 0 Å². The van der Waals surface area contributed by atoms with Crippen LogP contribution in [-0.4, -0.2) is 22.7 Å². The zero-order valence-corrected chi connectivity index (χ0v) is 24.0. The summed E-state index contributed by atoms with van der Waals surface area (Å²) < 4.78 is 12.8. The van der Waals surface area contributed by atoms with Crippen LogP contribution >= 0.6 is 57.6 Å². The highest BCUT2D eigenvalue weighted by Crippen LogP contribution is 2.38. The smallest absolute Gasteiger partial charge is 0.293 e. The number of hydrogen-bond donors (Lipinski definition) is 0. The van der Waals surface area contributed by atoms with Crippen LogP contribution in [-0.2, 0) is 17.9 Å². The minimum atomic E-state index is -0.357. The van der Waals surface area contributed by atoms with Gasteiger partial charge in [0, 0.05) is 0 Å². The summed E-state index contributed by atoms with van der Waals surface area (Å²) in [5.41, 5.74) is 3.71. The van der Waals surface area contributed by atoms with Crippen molar-refractivity contribution in [3.05, 3.63) is 95.4 Å². The second-order valence-corrected chi connectivity index (χ2v) is 11.0. The van der Waals surface area contributed by atoms with Gasteiger partial charge in [0.1, 0.15) is 6.61 Å². The maximum absolute atomic E-state index is 13.0. The molecule has 186 valence electrons. The molecule has 1 saturated heterocycles. The van der Waals surface area contributed by atoms with E-state index in [0.717, 1.165) is 37.6 Å². The maximum Gasteiger partial charge on any atom is 0.293 e. The van der Waals surface area contributed by atoms with Crippen molar-refractivity contribution in [2.75, 3.05) is 6.61 Å². The molecule has 36 heavy (non-hydrogen) atoms. The molecule has 1 heterocycles. The molecule has 0 unspecified atom stereocenters. The van der Waals surface area contributed by atoms with E-state index in [4.69, 9.17) is 32.7 Å². The molecule has 0 radical (unpaired) electrons. The van der Waals surface area contributed by atoms with E-state index in [0.29, 0.717) is 39.7 Å². The molecule has 0 aromatic heterocycles. The number of carbonyl (C=O) groups excluding carboxylic acids is 2. The van der Waals surface area contributed by atoms with Gasteiger partial charge in [-0.15, -0.1) is 0 Å². The Kier molecular flexibility index (Phi) is 8.87. The van der Waals surface area contributed by atoms with Gasteiger partial charge in [-0.2, -0.15) is 0 Å². The fourth-order valence-corrected chi connectivity index (χ4v) is 5.54. The first-order valence-electron chi connectivity index (χ1n) is 11.1. The highest BCUT2D eigenvalue weighted by Gasteiger charge is 2.35. The molecule has 0 N–H and O–H groups in total. The van der Waals surface area contributed by atoms with Crippen molar-refractivity contribution in [3.63, 3.8) is 0 Å². The largest absolute Gasteiger partial charge is 0.490 e. The van der Waals surface area contributed by atoms with Gasteiger partial charge in [0.05, 0.1) is 31.7 Å². The number of ether oxygens (including phenoxy) is 2. The summed E-state index contributed by atoms with van der Waals surface area (Å²) in [5.74, 6) is 0.869. The predicted octanol–water partition coefficient (Wildman–Crippen LogP) is 8.12. The van der Waals surface area contributed by atoms with Gasteiger partial charge in [0.15, 0.2) is 11.5 Å². The first-order valence-corrected chi connectivity index (χ1v) is 13.7. The fourth-order valence-electron chi connectivity index (χ4n) is 3.60. The quantitative estimate of drug-likeness (QED) is 0.182. The minimum Gasteiger partial charge on any atom is -0.490 e. The Morgan fingerprint density at radius 3 is 2.53 bits per heavy atom. The number of benzene rings is 3. The molecule has 3 aromatic rings. The Labute approximate surface area is 237 Å². The maximum atomic E-state index is 13.0. The van der Waals surface area contributed by atoms with E-state index >= 15 is 0 Å². The molecule has 1 aliphatic heterocycles. The fraction of sp³-hybridized carbons (Fsp3) is 0.185. The van der Waals surface area contributed by atoms with E-state index < -0.39 is 0 Å². The number of imide groups is 1. The summed E-state index contributed by atoms with van der Waals surface area (Å²) in [7, 11) is 0. The number of hydrogen-bond acceptors (Lipinski definition) is 5. The van der Waals surface area contributed by atoms with Crippen molar-refractivity contribution >= 4 is 74.8 Å². The standard InChI is InChI=1S/C27H22Cl2INO4S/c1-3-34-23-12-18(11-22(30)25(23)35-15-19-7-5-4-6-16(19)2)13-24-26(32)31(27(33)36-24)14-17-8-9-20(28)21(29)10-17/h4-13H,3,14-15H2,1-2H3/b24-13-. The lowest BCUT2D eigenvalue weighted by atomic mass is 10.1. The molecule has 5 nitrogen and oxygen atoms in total. The Morgan fingerprint density at radius 2 is 1.81 bits per heavy atom. The molecule has 3 aromatic carbocycles. The van der Waals surface area contributed by atoms with Gasteiger partial charge < -0.3 is 9.47 Å². The van der Waals surface area contributed by atoms with Gasteiger partial charge in [-0.3, -0.25) is 14.5 Å². The van der Waals surface area contributed by atoms with E-state index in [1.165, 1.54) is 4.90 Å². The van der Waals surface area contributed by atoms with Crippen LogP contribution in [0.1, 0.15) is 29.2 Å². The van der Waals surface area contributed by atoms with Crippen molar-refractivity contribution in [2.24, 2.45) is 0 Å². The van der Waals surface area contributed by atoms with E-state index in [-0.39, 0.29) is 17.7 Å². The molecule has 0 bridgehead atoms. The number of aryl methyl sites for hydroxylation is 1. The highest BCUT2D eigenvalue weighted by atomic mass is 127. The van der Waals surface area contributed by atoms with Crippen LogP contribution in [0.2, 0.25) is 10.0 Å². The van der Waals surface area contributed by atoms with Crippen molar-refractivity contribution in [3.8, 4) is 11.5 Å². The lowest BCUT2D eigenvalue weighted by Gasteiger charge is -2.16. The monoisotopic (exact) mass is 653 g/mol. The lowest BCUT2D eigenvalue weighted by Crippen LogP contribution is -2.27. The summed E-state index contributed by atoms with van der Waals surface area (Å²) >= 11 is 15.2. The number of amides is 2. The topological polar surface area (TPSA) is 55.8 Å². The number of nitrogens with zero attached hydrogens (tertiary/aromatic N) is 1. The number of carbonyl (C=O) groups is 2. The van der Waals surface area contributed by atoms with Gasteiger partial charge in [-0.05, 0) is 101 Å². The molecule has 0 spiro atoms. The third kappa shape index (κ3) is 6.19. The molecule has 0 aliphatic carbocycles. The molecular formula is C27H22Cl2INO4S. The third-order valence-electron chi connectivity index (χ3n) is 5.46. The van der Waals surface area contributed by atoms with Gasteiger partial charge in [-0.25, -0.2) is 0 Å². The van der Waals surface area contributed by atoms with Crippen LogP contribution in [0.4, 0.5) is 4.79 Å². The first kappa shape index (κ1) is 26.9. The third-order valence-corrected chi connectivity index (χ3v) is 7.91. The van der Waals surface area contributed by atoms with Crippen molar-refractivity contribution in [1.29, 1.82) is 0 Å². The zero-order chi connectivity index (χ0) is 25.8. The molecule has 1 aliphatic rings. The van der Waals surface area contributed by atoms with Crippen LogP contribution in [0.5, 0.6) is 11.5 Å². The summed E-state index contributed by atoms with van der Waals surface area (Å²) in [4.78, 5) is 27.2. The van der Waals surface area contributed by atoms with Gasteiger partial charge in [-0.1, -0.05) is 53.5 Å². The van der Waals surface area contributed by atoms with Gasteiger partial charge in [0.25, 0.3) is 11.1 Å². The summed E-state index contributed by atoms with van der Waals surface area (Å²) in [6, 6.07) is 16.8. The Bertz CT molecular complexity index is 1360. The highest BCUT2D eigenvalue weighted by molar-refractivity contribution is 14.1. The van der Waals surface area contributed by atoms with Gasteiger partial charge in [0.2, 0.25) is 0 Å². The summed E-state index contributed by atoms with van der Waals surface area (Å²) in [6.45, 7) is 4.94. The molecule has 9 heteroatoms. The van der Waals surface area contributed by atoms with E-state index in [1.807, 2.05) is 50.2 Å². The van der Waals surface area contributed by atoms with Crippen molar-refractivity contribution in [2.45, 2.75) is 27.0 Å². The molecule has 2 amide bonds. The SMILES string of the molecule is CCOc1cc(/C=C2\SC(=O)N(Cc3ccc(Cl)c(Cl)c3)C2=O)cc(I)c1OCc1ccccc1C. The number of thioether (sulfide) groups is 1. The number of halogens is 3. The Morgan fingerprint density at radius 1 is 1.03 bits per heavy atom. The van der Waals surface area contributed by atoms with Crippen LogP contribution < -0.4 is 9.47 Å². The van der Waals surface area contributed by atoms with Crippen molar-refractivity contribution < 1.29 is 19.1 Å². The van der Waals surface area contributed by atoms with E-state index in [1.54, 1.807) is 24.3 Å². The van der Waals surface area contributed by atoms with Crippen LogP contribution in [0.25, 0.3) is 6.08 Å². The Hall–Kier alpha value is -2.20. The normalized spacial score (nSPS) is 14.6. The van der Waals surface area contributed by atoms with Gasteiger partial charge >= 0.3 is 0 Å². The second-order valence-electron chi connectivity index (χ2n) is 7.99. The summed E-state index contributed by atoms with van der Waals surface area (Å²) in [5, 5.41) is 0.454. The Balaban J connectivity index is 1.56. The van der Waals surface area contributed by atoms with E-state index in [2.05, 4.69) is 22.6 Å². The first-order chi connectivity index (χ1) is 17.3. The van der Waals surface area contributed by atoms with Crippen LogP contribution in [0, 0.1) is 10.5 Å². The summed E-state index contributed by atoms with van der Waals surface area (Å²) in [6.07, 6.45) is 1.70. The second kappa shape index (κ2) is 11.9. The molecular weight excluding hydrogens is 632 g/mol. The minimum absolute atomic E-state index is 0.117. The number of rotatable bonds is 8. The molecule has 0 saturated carbocycles. The lowest BCUT2D eigenvalue weighted by molar-refractivity contribution is -0.123. The molecule has 0 atom stereocenters. The average molecular weight is 654 g/mol. The average Bonchev–Trinajstić information content (AvgIpc) is 3.09. The molecule has 1 fully saturated rings. The zero-order valence-electron chi connectivity index (χ0n) is 19.5. The van der Waals surface area contributed by atoms with E-state index in [9.17, 15) is 9.59 Å². The molecule has 4 rings (SSSR count). The predicted molar refractivity (Wildman–Crippen MR) is 154 cm³/mol. The van der Waals surface area contributed by atoms with Crippen LogP contribution in [0.15, 0.2) is 59.5 Å².